The average molecular weight is 242 g/mol. The lowest BCUT2D eigenvalue weighted by Crippen LogP contribution is -2.32. The Hall–Kier alpha value is -0.530. The largest absolute Gasteiger partial charge is 0.481 e. The summed E-state index contributed by atoms with van der Waals surface area (Å²) in [6.45, 7) is 11.1. The first-order valence-corrected chi connectivity index (χ1v) is 7.07. The van der Waals surface area contributed by atoms with E-state index in [1.54, 1.807) is 0 Å². The van der Waals surface area contributed by atoms with Gasteiger partial charge in [-0.2, -0.15) is 0 Å². The van der Waals surface area contributed by atoms with Gasteiger partial charge in [0.25, 0.3) is 0 Å². The molecule has 0 amide bonds. The number of rotatable bonds is 9. The van der Waals surface area contributed by atoms with E-state index in [0.717, 1.165) is 19.3 Å². The molecule has 0 aromatic rings. The van der Waals surface area contributed by atoms with E-state index in [1.807, 2.05) is 0 Å². The quantitative estimate of drug-likeness (QED) is 0.593. The molecular formula is C15H30O2. The van der Waals surface area contributed by atoms with Crippen LogP contribution in [0.5, 0.6) is 0 Å². The maximum Gasteiger partial charge on any atom is 0.303 e. The van der Waals surface area contributed by atoms with Crippen molar-refractivity contribution in [1.29, 1.82) is 0 Å². The third-order valence-corrected chi connectivity index (χ3v) is 4.51. The molecule has 1 N–H and O–H groups in total. The zero-order valence-corrected chi connectivity index (χ0v) is 12.3. The summed E-state index contributed by atoms with van der Waals surface area (Å²) in [5.41, 5.74) is 0.126. The number of aliphatic carboxylic acids is 1. The van der Waals surface area contributed by atoms with Crippen LogP contribution in [0.25, 0.3) is 0 Å². The van der Waals surface area contributed by atoms with E-state index in [1.165, 1.54) is 12.8 Å². The molecule has 0 rings (SSSR count). The van der Waals surface area contributed by atoms with Gasteiger partial charge in [0.15, 0.2) is 0 Å². The van der Waals surface area contributed by atoms with Crippen molar-refractivity contribution in [2.24, 2.45) is 17.3 Å². The van der Waals surface area contributed by atoms with Crippen LogP contribution in [0.4, 0.5) is 0 Å². The Bertz CT molecular complexity index is 221. The van der Waals surface area contributed by atoms with Crippen molar-refractivity contribution in [3.8, 4) is 0 Å². The molecule has 0 spiro atoms. The summed E-state index contributed by atoms with van der Waals surface area (Å²) in [7, 11) is 0. The molecule has 0 fully saturated rings. The van der Waals surface area contributed by atoms with Crippen molar-refractivity contribution in [2.75, 3.05) is 0 Å². The fourth-order valence-electron chi connectivity index (χ4n) is 2.52. The van der Waals surface area contributed by atoms with Crippen LogP contribution < -0.4 is 0 Å². The van der Waals surface area contributed by atoms with Gasteiger partial charge in [-0.3, -0.25) is 4.79 Å². The van der Waals surface area contributed by atoms with Gasteiger partial charge < -0.3 is 5.11 Å². The maximum atomic E-state index is 11.0. The first-order chi connectivity index (χ1) is 7.86. The smallest absolute Gasteiger partial charge is 0.303 e. The lowest BCUT2D eigenvalue weighted by molar-refractivity contribution is -0.139. The fraction of sp³-hybridized carbons (Fsp3) is 0.933. The van der Waals surface area contributed by atoms with Gasteiger partial charge in [0.2, 0.25) is 0 Å². The van der Waals surface area contributed by atoms with E-state index in [-0.39, 0.29) is 5.41 Å². The van der Waals surface area contributed by atoms with Crippen LogP contribution in [0.15, 0.2) is 0 Å². The van der Waals surface area contributed by atoms with Crippen molar-refractivity contribution in [2.45, 2.75) is 73.1 Å². The van der Waals surface area contributed by atoms with Crippen molar-refractivity contribution >= 4 is 5.97 Å². The normalized spacial score (nSPS) is 15.6. The van der Waals surface area contributed by atoms with E-state index >= 15 is 0 Å². The first-order valence-electron chi connectivity index (χ1n) is 7.07. The summed E-state index contributed by atoms with van der Waals surface area (Å²) in [5.74, 6) is 0.234. The van der Waals surface area contributed by atoms with E-state index in [2.05, 4.69) is 34.6 Å². The Kier molecular flexibility index (Phi) is 7.49. The average Bonchev–Trinajstić information content (AvgIpc) is 2.26. The minimum absolute atomic E-state index is 0.126. The second-order valence-corrected chi connectivity index (χ2v) is 5.92. The minimum Gasteiger partial charge on any atom is -0.481 e. The molecule has 0 aliphatic carbocycles. The molecule has 0 aliphatic rings. The van der Waals surface area contributed by atoms with E-state index < -0.39 is 5.97 Å². The molecule has 17 heavy (non-hydrogen) atoms. The number of hydrogen-bond acceptors (Lipinski definition) is 1. The lowest BCUT2D eigenvalue weighted by Gasteiger charge is -2.39. The summed E-state index contributed by atoms with van der Waals surface area (Å²) in [6.07, 6.45) is 6.07. The van der Waals surface area contributed by atoms with Gasteiger partial charge in [0, 0.05) is 6.42 Å². The molecule has 0 heterocycles. The molecule has 0 bridgehead atoms. The Morgan fingerprint density at radius 3 is 2.24 bits per heavy atom. The summed E-state index contributed by atoms with van der Waals surface area (Å²) in [4.78, 5) is 11.0. The fourth-order valence-corrected chi connectivity index (χ4v) is 2.52. The predicted molar refractivity (Wildman–Crippen MR) is 73.1 cm³/mol. The van der Waals surface area contributed by atoms with Crippen LogP contribution >= 0.6 is 0 Å². The molecule has 0 saturated carbocycles. The summed E-state index contributed by atoms with van der Waals surface area (Å²) in [6, 6.07) is 0. The van der Waals surface area contributed by atoms with Gasteiger partial charge in [-0.15, -0.1) is 0 Å². The van der Waals surface area contributed by atoms with Crippen molar-refractivity contribution in [3.05, 3.63) is 0 Å². The predicted octanol–water partition coefficient (Wildman–Crippen LogP) is 4.73. The molecule has 102 valence electrons. The second kappa shape index (κ2) is 7.73. The maximum absolute atomic E-state index is 11.0. The van der Waals surface area contributed by atoms with Gasteiger partial charge in [-0.05, 0) is 23.7 Å². The zero-order chi connectivity index (χ0) is 13.5. The number of carboxylic acid groups (broad SMARTS) is 1. The molecule has 0 radical (unpaired) electrons. The third kappa shape index (κ3) is 5.56. The monoisotopic (exact) mass is 242 g/mol. The standard InChI is InChI=1S/C15H30O2/c1-6-8-9-10-13(11-14(16)17)15(4,5)12(3)7-2/h12-13H,6-11H2,1-5H3,(H,16,17). The minimum atomic E-state index is -0.650. The molecule has 2 heteroatoms. The highest BCUT2D eigenvalue weighted by molar-refractivity contribution is 5.67. The van der Waals surface area contributed by atoms with Crippen LogP contribution in [0.2, 0.25) is 0 Å². The second-order valence-electron chi connectivity index (χ2n) is 5.92. The van der Waals surface area contributed by atoms with Crippen molar-refractivity contribution in [1.82, 2.24) is 0 Å². The molecule has 2 atom stereocenters. The van der Waals surface area contributed by atoms with Crippen molar-refractivity contribution in [3.63, 3.8) is 0 Å². The molecule has 0 aliphatic heterocycles. The highest BCUT2D eigenvalue weighted by atomic mass is 16.4. The van der Waals surface area contributed by atoms with Crippen LogP contribution in [0.3, 0.4) is 0 Å². The van der Waals surface area contributed by atoms with E-state index in [0.29, 0.717) is 18.3 Å². The molecule has 0 aromatic heterocycles. The van der Waals surface area contributed by atoms with Crippen LogP contribution in [-0.2, 0) is 4.79 Å². The summed E-state index contributed by atoms with van der Waals surface area (Å²) in [5, 5.41) is 9.06. The van der Waals surface area contributed by atoms with Crippen LogP contribution in [0.1, 0.15) is 73.1 Å². The number of carboxylic acids is 1. The Labute approximate surface area is 107 Å². The summed E-state index contributed by atoms with van der Waals surface area (Å²) < 4.78 is 0. The Morgan fingerprint density at radius 1 is 1.24 bits per heavy atom. The highest BCUT2D eigenvalue weighted by Gasteiger charge is 2.34. The third-order valence-electron chi connectivity index (χ3n) is 4.51. The van der Waals surface area contributed by atoms with Gasteiger partial charge in [0.05, 0.1) is 0 Å². The van der Waals surface area contributed by atoms with E-state index in [4.69, 9.17) is 5.11 Å². The number of unbranched alkanes of at least 4 members (excludes halogenated alkanes) is 2. The molecule has 0 aromatic carbocycles. The summed E-state index contributed by atoms with van der Waals surface area (Å²) >= 11 is 0. The highest BCUT2D eigenvalue weighted by Crippen LogP contribution is 2.41. The zero-order valence-electron chi connectivity index (χ0n) is 12.3. The van der Waals surface area contributed by atoms with Gasteiger partial charge >= 0.3 is 5.97 Å². The van der Waals surface area contributed by atoms with Crippen LogP contribution in [0, 0.1) is 17.3 Å². The van der Waals surface area contributed by atoms with Crippen LogP contribution in [-0.4, -0.2) is 11.1 Å². The molecule has 2 nitrogen and oxygen atoms in total. The Balaban J connectivity index is 4.58. The SMILES string of the molecule is CCCCCC(CC(=O)O)C(C)(C)C(C)CC. The molecular weight excluding hydrogens is 212 g/mol. The lowest BCUT2D eigenvalue weighted by atomic mass is 9.66. The van der Waals surface area contributed by atoms with Gasteiger partial charge in [-0.1, -0.05) is 60.3 Å². The van der Waals surface area contributed by atoms with Crippen molar-refractivity contribution < 1.29 is 9.90 Å². The molecule has 2 unspecified atom stereocenters. The van der Waals surface area contributed by atoms with Gasteiger partial charge in [-0.25, -0.2) is 0 Å². The first kappa shape index (κ1) is 16.5. The van der Waals surface area contributed by atoms with Gasteiger partial charge in [0.1, 0.15) is 0 Å². The number of carbonyl (C=O) groups is 1. The Morgan fingerprint density at radius 2 is 1.82 bits per heavy atom. The molecule has 0 saturated heterocycles. The van der Waals surface area contributed by atoms with E-state index in [9.17, 15) is 4.79 Å². The number of hydrogen-bond donors (Lipinski definition) is 1. The topological polar surface area (TPSA) is 37.3 Å².